The fraction of sp³-hybridized carbons (Fsp3) is 0.350. The summed E-state index contributed by atoms with van der Waals surface area (Å²) < 4.78 is 33.2. The fourth-order valence-electron chi connectivity index (χ4n) is 3.18. The molecule has 7 heteroatoms. The molecule has 144 valence electrons. The monoisotopic (exact) mass is 388 g/mol. The van der Waals surface area contributed by atoms with Gasteiger partial charge in [0.15, 0.2) is 0 Å². The van der Waals surface area contributed by atoms with Crippen molar-refractivity contribution in [2.75, 3.05) is 25.1 Å². The van der Waals surface area contributed by atoms with Crippen LogP contribution in [0.2, 0.25) is 0 Å². The number of hydrogen-bond donors (Lipinski definition) is 1. The molecule has 0 unspecified atom stereocenters. The number of nitrogens with one attached hydrogen (secondary N) is 1. The predicted molar refractivity (Wildman–Crippen MR) is 105 cm³/mol. The molecule has 0 bridgehead atoms. The highest BCUT2D eigenvalue weighted by Gasteiger charge is 2.26. The van der Waals surface area contributed by atoms with E-state index < -0.39 is 10.0 Å². The number of nitrogens with zero attached hydrogens (tertiary/aromatic N) is 1. The van der Waals surface area contributed by atoms with Gasteiger partial charge in [0.1, 0.15) is 5.75 Å². The van der Waals surface area contributed by atoms with Crippen molar-refractivity contribution in [1.29, 1.82) is 0 Å². The van der Waals surface area contributed by atoms with Crippen molar-refractivity contribution in [3.05, 3.63) is 54.1 Å². The molecule has 3 rings (SSSR count). The molecule has 0 aromatic heterocycles. The quantitative estimate of drug-likeness (QED) is 0.706. The molecule has 0 spiro atoms. The number of ether oxygens (including phenoxy) is 1. The maximum atomic E-state index is 12.6. The first-order valence-corrected chi connectivity index (χ1v) is 10.5. The molecule has 1 heterocycles. The molecule has 1 amide bonds. The van der Waals surface area contributed by atoms with Crippen LogP contribution in [0.15, 0.2) is 53.4 Å². The third kappa shape index (κ3) is 4.67. The van der Waals surface area contributed by atoms with E-state index in [1.807, 2.05) is 30.3 Å². The zero-order chi connectivity index (χ0) is 19.3. The summed E-state index contributed by atoms with van der Waals surface area (Å²) >= 11 is 0. The topological polar surface area (TPSA) is 75.7 Å². The van der Waals surface area contributed by atoms with Crippen LogP contribution >= 0.6 is 0 Å². The molecule has 1 aliphatic rings. The maximum Gasteiger partial charge on any atom is 0.240 e. The zero-order valence-corrected chi connectivity index (χ0v) is 16.2. The summed E-state index contributed by atoms with van der Waals surface area (Å²) in [6, 6.07) is 14.6. The Morgan fingerprint density at radius 2 is 1.93 bits per heavy atom. The molecule has 1 N–H and O–H groups in total. The summed E-state index contributed by atoms with van der Waals surface area (Å²) in [5, 5.41) is 0. The zero-order valence-electron chi connectivity index (χ0n) is 15.3. The van der Waals surface area contributed by atoms with Crippen molar-refractivity contribution in [1.82, 2.24) is 4.72 Å². The van der Waals surface area contributed by atoms with Crippen LogP contribution in [-0.2, 0) is 21.2 Å². The summed E-state index contributed by atoms with van der Waals surface area (Å²) in [6.07, 6.45) is 2.74. The second kappa shape index (κ2) is 8.54. The largest absolute Gasteiger partial charge is 0.495 e. The van der Waals surface area contributed by atoms with Gasteiger partial charge in [-0.1, -0.05) is 30.3 Å². The van der Waals surface area contributed by atoms with Crippen LogP contribution in [0, 0.1) is 0 Å². The number of aryl methyl sites for hydroxylation is 1. The lowest BCUT2D eigenvalue weighted by atomic mass is 10.1. The Kier molecular flexibility index (Phi) is 6.13. The number of methoxy groups -OCH3 is 1. The van der Waals surface area contributed by atoms with Gasteiger partial charge in [-0.2, -0.15) is 0 Å². The van der Waals surface area contributed by atoms with Crippen LogP contribution in [0.5, 0.6) is 5.75 Å². The summed E-state index contributed by atoms with van der Waals surface area (Å²) in [5.74, 6) is 0.479. The van der Waals surface area contributed by atoms with E-state index in [-0.39, 0.29) is 10.8 Å². The van der Waals surface area contributed by atoms with E-state index in [0.29, 0.717) is 37.4 Å². The van der Waals surface area contributed by atoms with E-state index in [4.69, 9.17) is 4.74 Å². The SMILES string of the molecule is COc1ccc(S(=O)(=O)NCCCc2ccccc2)cc1N1CCCC1=O. The molecule has 2 aromatic carbocycles. The maximum absolute atomic E-state index is 12.6. The van der Waals surface area contributed by atoms with E-state index in [2.05, 4.69) is 4.72 Å². The fourth-order valence-corrected chi connectivity index (χ4v) is 4.27. The van der Waals surface area contributed by atoms with E-state index in [1.165, 1.54) is 24.8 Å². The highest BCUT2D eigenvalue weighted by molar-refractivity contribution is 7.89. The lowest BCUT2D eigenvalue weighted by Crippen LogP contribution is -2.27. The first-order valence-electron chi connectivity index (χ1n) is 9.03. The molecule has 0 aliphatic carbocycles. The molecule has 0 saturated carbocycles. The highest BCUT2D eigenvalue weighted by atomic mass is 32.2. The Bertz CT molecular complexity index is 897. The van der Waals surface area contributed by atoms with Crippen LogP contribution in [-0.4, -0.2) is 34.5 Å². The average Bonchev–Trinajstić information content (AvgIpc) is 3.11. The van der Waals surface area contributed by atoms with E-state index in [9.17, 15) is 13.2 Å². The Morgan fingerprint density at radius 3 is 2.59 bits per heavy atom. The van der Waals surface area contributed by atoms with Gasteiger partial charge in [-0.05, 0) is 43.0 Å². The summed E-state index contributed by atoms with van der Waals surface area (Å²) in [4.78, 5) is 13.8. The molecule has 1 aliphatic heterocycles. The van der Waals surface area contributed by atoms with Gasteiger partial charge in [0.2, 0.25) is 15.9 Å². The van der Waals surface area contributed by atoms with Gasteiger partial charge in [0, 0.05) is 19.5 Å². The van der Waals surface area contributed by atoms with Crippen molar-refractivity contribution < 1.29 is 17.9 Å². The first kappa shape index (κ1) is 19.4. The highest BCUT2D eigenvalue weighted by Crippen LogP contribution is 2.33. The van der Waals surface area contributed by atoms with Gasteiger partial charge in [-0.15, -0.1) is 0 Å². The predicted octanol–water partition coefficient (Wildman–Crippen LogP) is 2.73. The summed E-state index contributed by atoms with van der Waals surface area (Å²) in [6.45, 7) is 0.921. The van der Waals surface area contributed by atoms with Gasteiger partial charge < -0.3 is 9.64 Å². The van der Waals surface area contributed by atoms with Crippen LogP contribution < -0.4 is 14.4 Å². The molecule has 0 atom stereocenters. The van der Waals surface area contributed by atoms with Crippen molar-refractivity contribution in [3.63, 3.8) is 0 Å². The van der Waals surface area contributed by atoms with Gasteiger partial charge >= 0.3 is 0 Å². The molecule has 27 heavy (non-hydrogen) atoms. The minimum atomic E-state index is -3.65. The second-order valence-corrected chi connectivity index (χ2v) is 8.24. The van der Waals surface area contributed by atoms with Crippen molar-refractivity contribution >= 4 is 21.6 Å². The van der Waals surface area contributed by atoms with Crippen LogP contribution in [0.1, 0.15) is 24.8 Å². The third-order valence-electron chi connectivity index (χ3n) is 4.60. The number of hydrogen-bond acceptors (Lipinski definition) is 4. The number of carbonyl (C=O) groups excluding carboxylic acids is 1. The number of amides is 1. The minimum Gasteiger partial charge on any atom is -0.495 e. The van der Waals surface area contributed by atoms with E-state index in [0.717, 1.165) is 12.8 Å². The standard InChI is InChI=1S/C20H24N2O4S/c1-26-19-12-11-17(15-18(19)22-14-6-10-20(22)23)27(24,25)21-13-5-9-16-7-3-2-4-8-16/h2-4,7-8,11-12,15,21H,5-6,9-10,13-14H2,1H3. The number of carbonyl (C=O) groups is 1. The van der Waals surface area contributed by atoms with Gasteiger partial charge in [-0.3, -0.25) is 4.79 Å². The third-order valence-corrected chi connectivity index (χ3v) is 6.06. The Balaban J connectivity index is 1.69. The summed E-state index contributed by atoms with van der Waals surface area (Å²) in [5.41, 5.74) is 1.68. The lowest BCUT2D eigenvalue weighted by molar-refractivity contribution is -0.117. The van der Waals surface area contributed by atoms with Crippen LogP contribution in [0.25, 0.3) is 0 Å². The normalized spacial score (nSPS) is 14.6. The molecule has 1 saturated heterocycles. The van der Waals surface area contributed by atoms with Gasteiger partial charge in [0.05, 0.1) is 17.7 Å². The van der Waals surface area contributed by atoms with E-state index >= 15 is 0 Å². The number of anilines is 1. The average molecular weight is 388 g/mol. The number of benzene rings is 2. The number of sulfonamides is 1. The Morgan fingerprint density at radius 1 is 1.15 bits per heavy atom. The Labute approximate surface area is 160 Å². The van der Waals surface area contributed by atoms with Gasteiger partial charge in [0.25, 0.3) is 0 Å². The van der Waals surface area contributed by atoms with Crippen LogP contribution in [0.4, 0.5) is 5.69 Å². The van der Waals surface area contributed by atoms with Crippen molar-refractivity contribution in [2.45, 2.75) is 30.6 Å². The summed E-state index contributed by atoms with van der Waals surface area (Å²) in [7, 11) is -2.14. The minimum absolute atomic E-state index is 0.0151. The van der Waals surface area contributed by atoms with Crippen LogP contribution in [0.3, 0.4) is 0 Å². The smallest absolute Gasteiger partial charge is 0.240 e. The molecular weight excluding hydrogens is 364 g/mol. The molecule has 0 radical (unpaired) electrons. The number of rotatable bonds is 8. The molecular formula is C20H24N2O4S. The second-order valence-electron chi connectivity index (χ2n) is 6.47. The molecule has 6 nitrogen and oxygen atoms in total. The molecule has 2 aromatic rings. The Hall–Kier alpha value is -2.38. The van der Waals surface area contributed by atoms with Crippen molar-refractivity contribution in [3.8, 4) is 5.75 Å². The lowest BCUT2D eigenvalue weighted by Gasteiger charge is -2.20. The molecule has 1 fully saturated rings. The van der Waals surface area contributed by atoms with Gasteiger partial charge in [-0.25, -0.2) is 13.1 Å². The van der Waals surface area contributed by atoms with E-state index in [1.54, 1.807) is 11.0 Å². The first-order chi connectivity index (χ1) is 13.0. The van der Waals surface area contributed by atoms with Crippen molar-refractivity contribution in [2.24, 2.45) is 0 Å².